The van der Waals surface area contributed by atoms with Gasteiger partial charge in [-0.25, -0.2) is 0 Å². The number of imide groups is 1. The van der Waals surface area contributed by atoms with E-state index in [4.69, 9.17) is 11.6 Å². The number of nitrogens with zero attached hydrogens (tertiary/aromatic N) is 2. The summed E-state index contributed by atoms with van der Waals surface area (Å²) in [4.78, 5) is 40.5. The molecule has 2 aromatic rings. The van der Waals surface area contributed by atoms with Crippen LogP contribution in [-0.2, 0) is 11.3 Å². The molecule has 26 heavy (non-hydrogen) atoms. The number of hydrogen-bond donors (Lipinski definition) is 0. The molecule has 0 unspecified atom stereocenters. The van der Waals surface area contributed by atoms with E-state index in [-0.39, 0.29) is 29.6 Å². The average molecular weight is 371 g/mol. The lowest BCUT2D eigenvalue weighted by atomic mass is 10.1. The quantitative estimate of drug-likeness (QED) is 0.758. The molecule has 134 valence electrons. The molecule has 6 heteroatoms. The lowest BCUT2D eigenvalue weighted by molar-refractivity contribution is -0.133. The van der Waals surface area contributed by atoms with Gasteiger partial charge in [-0.3, -0.25) is 19.3 Å². The van der Waals surface area contributed by atoms with E-state index in [2.05, 4.69) is 0 Å². The summed E-state index contributed by atoms with van der Waals surface area (Å²) in [5.41, 5.74) is 1.52. The van der Waals surface area contributed by atoms with Gasteiger partial charge in [-0.05, 0) is 37.6 Å². The minimum absolute atomic E-state index is 0.0627. The number of rotatable bonds is 5. The van der Waals surface area contributed by atoms with Crippen LogP contribution in [0.3, 0.4) is 0 Å². The topological polar surface area (TPSA) is 57.7 Å². The number of benzene rings is 2. The molecule has 0 radical (unpaired) electrons. The van der Waals surface area contributed by atoms with E-state index in [0.717, 1.165) is 10.5 Å². The molecule has 0 bridgehead atoms. The molecule has 5 nitrogen and oxygen atoms in total. The SMILES string of the molecule is CC(C)N(Cc1ccccc1)C(=O)CN1C(=O)c2ccc(Cl)cc2C1=O. The highest BCUT2D eigenvalue weighted by Crippen LogP contribution is 2.26. The van der Waals surface area contributed by atoms with Crippen LogP contribution in [0.25, 0.3) is 0 Å². The summed E-state index contributed by atoms with van der Waals surface area (Å²) in [5, 5.41) is 0.381. The van der Waals surface area contributed by atoms with Crippen molar-refractivity contribution in [3.05, 3.63) is 70.2 Å². The third-order valence-electron chi connectivity index (χ3n) is 4.37. The summed E-state index contributed by atoms with van der Waals surface area (Å²) in [7, 11) is 0. The summed E-state index contributed by atoms with van der Waals surface area (Å²) in [6, 6.07) is 14.1. The van der Waals surface area contributed by atoms with Crippen molar-refractivity contribution in [1.82, 2.24) is 9.80 Å². The number of amides is 3. The smallest absolute Gasteiger partial charge is 0.262 e. The van der Waals surface area contributed by atoms with Crippen molar-refractivity contribution in [2.75, 3.05) is 6.54 Å². The first-order valence-electron chi connectivity index (χ1n) is 8.37. The molecule has 0 aromatic heterocycles. The van der Waals surface area contributed by atoms with Crippen LogP contribution in [0.5, 0.6) is 0 Å². The van der Waals surface area contributed by atoms with Gasteiger partial charge in [0, 0.05) is 17.6 Å². The number of hydrogen-bond acceptors (Lipinski definition) is 3. The largest absolute Gasteiger partial charge is 0.334 e. The van der Waals surface area contributed by atoms with Gasteiger partial charge in [-0.1, -0.05) is 41.9 Å². The Morgan fingerprint density at radius 1 is 1.04 bits per heavy atom. The molecule has 0 spiro atoms. The minimum atomic E-state index is -0.482. The van der Waals surface area contributed by atoms with Gasteiger partial charge in [0.05, 0.1) is 11.1 Å². The third kappa shape index (κ3) is 3.48. The van der Waals surface area contributed by atoms with Gasteiger partial charge < -0.3 is 4.90 Å². The zero-order valence-corrected chi connectivity index (χ0v) is 15.4. The lowest BCUT2D eigenvalue weighted by Gasteiger charge is -2.28. The van der Waals surface area contributed by atoms with Crippen molar-refractivity contribution in [2.24, 2.45) is 0 Å². The van der Waals surface area contributed by atoms with E-state index in [1.54, 1.807) is 11.0 Å². The van der Waals surface area contributed by atoms with Gasteiger partial charge in [-0.15, -0.1) is 0 Å². The Kier molecular flexibility index (Phi) is 5.09. The number of fused-ring (bicyclic) bond motifs is 1. The molecule has 1 heterocycles. The van der Waals surface area contributed by atoms with E-state index in [1.165, 1.54) is 12.1 Å². The molecule has 0 aliphatic carbocycles. The summed E-state index contributed by atoms with van der Waals surface area (Å²) < 4.78 is 0. The fraction of sp³-hybridized carbons (Fsp3) is 0.250. The van der Waals surface area contributed by atoms with E-state index >= 15 is 0 Å². The predicted octanol–water partition coefficient (Wildman–Crippen LogP) is 3.37. The third-order valence-corrected chi connectivity index (χ3v) is 4.60. The Hall–Kier alpha value is -2.66. The van der Waals surface area contributed by atoms with Gasteiger partial charge in [0.25, 0.3) is 11.8 Å². The van der Waals surface area contributed by atoms with Gasteiger partial charge >= 0.3 is 0 Å². The van der Waals surface area contributed by atoms with Crippen LogP contribution in [0.4, 0.5) is 0 Å². The Labute approximate surface area is 157 Å². The molecule has 0 saturated carbocycles. The molecule has 3 amide bonds. The van der Waals surface area contributed by atoms with Crippen LogP contribution >= 0.6 is 11.6 Å². The van der Waals surface area contributed by atoms with Crippen molar-refractivity contribution < 1.29 is 14.4 Å². The molecule has 3 rings (SSSR count). The van der Waals surface area contributed by atoms with Crippen molar-refractivity contribution in [2.45, 2.75) is 26.4 Å². The van der Waals surface area contributed by atoms with Crippen molar-refractivity contribution in [1.29, 1.82) is 0 Å². The highest BCUT2D eigenvalue weighted by atomic mass is 35.5. The molecule has 1 aliphatic rings. The first-order chi connectivity index (χ1) is 12.4. The molecule has 2 aromatic carbocycles. The maximum Gasteiger partial charge on any atom is 0.262 e. The van der Waals surface area contributed by atoms with Crippen LogP contribution in [-0.4, -0.2) is 40.1 Å². The van der Waals surface area contributed by atoms with Crippen molar-refractivity contribution >= 4 is 29.3 Å². The molecule has 0 atom stereocenters. The monoisotopic (exact) mass is 370 g/mol. The van der Waals surface area contributed by atoms with Crippen molar-refractivity contribution in [3.8, 4) is 0 Å². The molecular weight excluding hydrogens is 352 g/mol. The van der Waals surface area contributed by atoms with Gasteiger partial charge in [0.2, 0.25) is 5.91 Å². The maximum atomic E-state index is 12.8. The Bertz CT molecular complexity index is 865. The fourth-order valence-corrected chi connectivity index (χ4v) is 3.14. The standard InChI is InChI=1S/C20H19ClN2O3/c1-13(2)22(11-14-6-4-3-5-7-14)18(24)12-23-19(25)16-9-8-15(21)10-17(16)20(23)26/h3-10,13H,11-12H2,1-2H3. The zero-order chi connectivity index (χ0) is 18.8. The van der Waals surface area contributed by atoms with Crippen molar-refractivity contribution in [3.63, 3.8) is 0 Å². The van der Waals surface area contributed by atoms with E-state index < -0.39 is 11.8 Å². The average Bonchev–Trinajstić information content (AvgIpc) is 2.84. The van der Waals surface area contributed by atoms with Crippen LogP contribution in [0.1, 0.15) is 40.1 Å². The second kappa shape index (κ2) is 7.30. The second-order valence-corrected chi connectivity index (χ2v) is 6.92. The maximum absolute atomic E-state index is 12.8. The Morgan fingerprint density at radius 2 is 1.69 bits per heavy atom. The highest BCUT2D eigenvalue weighted by molar-refractivity contribution is 6.32. The van der Waals surface area contributed by atoms with Gasteiger partial charge in [-0.2, -0.15) is 0 Å². The Balaban J connectivity index is 1.78. The van der Waals surface area contributed by atoms with Crippen LogP contribution < -0.4 is 0 Å². The molecule has 0 fully saturated rings. The summed E-state index contributed by atoms with van der Waals surface area (Å²) in [5.74, 6) is -1.22. The first kappa shape index (κ1) is 18.1. The van der Waals surface area contributed by atoms with Crippen LogP contribution in [0.15, 0.2) is 48.5 Å². The number of halogens is 1. The number of carbonyl (C=O) groups is 3. The van der Waals surface area contributed by atoms with Gasteiger partial charge in [0.15, 0.2) is 0 Å². The normalized spacial score (nSPS) is 13.3. The van der Waals surface area contributed by atoms with E-state index in [9.17, 15) is 14.4 Å². The highest BCUT2D eigenvalue weighted by Gasteiger charge is 2.37. The lowest BCUT2D eigenvalue weighted by Crippen LogP contribution is -2.45. The summed E-state index contributed by atoms with van der Waals surface area (Å²) in [6.45, 7) is 3.95. The Morgan fingerprint density at radius 3 is 2.35 bits per heavy atom. The van der Waals surface area contributed by atoms with E-state index in [0.29, 0.717) is 11.6 Å². The summed E-state index contributed by atoms with van der Waals surface area (Å²) in [6.07, 6.45) is 0. The minimum Gasteiger partial charge on any atom is -0.334 e. The predicted molar refractivity (Wildman–Crippen MR) is 98.9 cm³/mol. The van der Waals surface area contributed by atoms with E-state index in [1.807, 2.05) is 44.2 Å². The summed E-state index contributed by atoms with van der Waals surface area (Å²) >= 11 is 5.91. The zero-order valence-electron chi connectivity index (χ0n) is 14.6. The van der Waals surface area contributed by atoms with Crippen LogP contribution in [0.2, 0.25) is 5.02 Å². The number of carbonyl (C=O) groups excluding carboxylic acids is 3. The molecule has 0 N–H and O–H groups in total. The van der Waals surface area contributed by atoms with Gasteiger partial charge in [0.1, 0.15) is 6.54 Å². The molecule has 0 saturated heterocycles. The first-order valence-corrected chi connectivity index (χ1v) is 8.75. The fourth-order valence-electron chi connectivity index (χ4n) is 2.97. The molecular formula is C20H19ClN2O3. The second-order valence-electron chi connectivity index (χ2n) is 6.49. The molecule has 1 aliphatic heterocycles. The van der Waals surface area contributed by atoms with Crippen LogP contribution in [0, 0.1) is 0 Å².